The maximum Gasteiger partial charge on any atom is 0.118 e. The molecule has 0 heterocycles. The Labute approximate surface area is 127 Å². The van der Waals surface area contributed by atoms with Crippen LogP contribution in [0.25, 0.3) is 0 Å². The fourth-order valence-corrected chi connectivity index (χ4v) is 3.05. The summed E-state index contributed by atoms with van der Waals surface area (Å²) in [5.74, 6) is 1.30. The molecular weight excluding hydrogens is 264 g/mol. The highest BCUT2D eigenvalue weighted by Crippen LogP contribution is 2.45. The molecule has 1 aromatic carbocycles. The molecule has 1 saturated carbocycles. The minimum atomic E-state index is -0.171. The molecule has 0 aromatic heterocycles. The van der Waals surface area contributed by atoms with Crippen molar-refractivity contribution >= 4 is 0 Å². The molecule has 0 bridgehead atoms. The monoisotopic (exact) mass is 290 g/mol. The average Bonchev–Trinajstić information content (AvgIpc) is 2.84. The van der Waals surface area contributed by atoms with Gasteiger partial charge in [-0.1, -0.05) is 31.2 Å². The molecule has 1 aromatic rings. The van der Waals surface area contributed by atoms with Crippen LogP contribution in [0, 0.1) is 11.3 Å². The van der Waals surface area contributed by atoms with E-state index in [-0.39, 0.29) is 18.1 Å². The lowest BCUT2D eigenvalue weighted by molar-refractivity contribution is -0.0462. The van der Waals surface area contributed by atoms with Crippen LogP contribution >= 0.6 is 0 Å². The summed E-state index contributed by atoms with van der Waals surface area (Å²) < 4.78 is 11.3. The second-order valence-electron chi connectivity index (χ2n) is 6.44. The number of aliphatic hydroxyl groups excluding tert-OH is 1. The Balaban J connectivity index is 1.98. The first-order valence-electron chi connectivity index (χ1n) is 7.49. The maximum atomic E-state index is 9.73. The number of hydrogen-bond donors (Lipinski definition) is 1. The molecule has 3 nitrogen and oxygen atoms in total. The molecule has 0 spiro atoms. The Hall–Kier alpha value is -1.32. The SMILES string of the molecule is C=C(C)[C@@H]1C[C@H](OCc2ccc(OC)cc2)[C@@](C)(CO)C1. The van der Waals surface area contributed by atoms with Gasteiger partial charge in [0.2, 0.25) is 0 Å². The Morgan fingerprint density at radius 3 is 2.57 bits per heavy atom. The van der Waals surface area contributed by atoms with E-state index < -0.39 is 0 Å². The van der Waals surface area contributed by atoms with Crippen LogP contribution < -0.4 is 4.74 Å². The predicted octanol–water partition coefficient (Wildman–Crippen LogP) is 3.57. The fraction of sp³-hybridized carbons (Fsp3) is 0.556. The molecule has 21 heavy (non-hydrogen) atoms. The molecule has 3 heteroatoms. The van der Waals surface area contributed by atoms with Gasteiger partial charge in [-0.25, -0.2) is 0 Å². The minimum absolute atomic E-state index is 0.0753. The molecule has 0 aliphatic heterocycles. The molecule has 1 aliphatic rings. The third-order valence-corrected chi connectivity index (χ3v) is 4.66. The van der Waals surface area contributed by atoms with Gasteiger partial charge in [-0.3, -0.25) is 0 Å². The van der Waals surface area contributed by atoms with Gasteiger partial charge in [-0.2, -0.15) is 0 Å². The zero-order valence-electron chi connectivity index (χ0n) is 13.3. The molecule has 1 aliphatic carbocycles. The van der Waals surface area contributed by atoms with Gasteiger partial charge in [0.25, 0.3) is 0 Å². The number of hydrogen-bond acceptors (Lipinski definition) is 3. The average molecular weight is 290 g/mol. The topological polar surface area (TPSA) is 38.7 Å². The summed E-state index contributed by atoms with van der Waals surface area (Å²) in [4.78, 5) is 0. The van der Waals surface area contributed by atoms with E-state index in [2.05, 4.69) is 20.4 Å². The quantitative estimate of drug-likeness (QED) is 0.814. The number of benzene rings is 1. The molecule has 2 rings (SSSR count). The number of rotatable bonds is 6. The van der Waals surface area contributed by atoms with Gasteiger partial charge in [0.05, 0.1) is 26.4 Å². The summed E-state index contributed by atoms with van der Waals surface area (Å²) in [7, 11) is 1.66. The van der Waals surface area contributed by atoms with Crippen LogP contribution in [0.5, 0.6) is 5.75 Å². The summed E-state index contributed by atoms with van der Waals surface area (Å²) in [5.41, 5.74) is 2.14. The number of allylic oxidation sites excluding steroid dienone is 1. The van der Waals surface area contributed by atoms with Crippen LogP contribution in [0.3, 0.4) is 0 Å². The first-order valence-corrected chi connectivity index (χ1v) is 7.49. The summed E-state index contributed by atoms with van der Waals surface area (Å²) in [6.45, 7) is 8.95. The number of methoxy groups -OCH3 is 1. The van der Waals surface area contributed by atoms with Gasteiger partial charge in [0.15, 0.2) is 0 Å². The highest BCUT2D eigenvalue weighted by Gasteiger charge is 2.44. The van der Waals surface area contributed by atoms with Crippen LogP contribution in [0.2, 0.25) is 0 Å². The molecule has 116 valence electrons. The maximum absolute atomic E-state index is 9.73. The zero-order valence-corrected chi connectivity index (χ0v) is 13.3. The molecule has 3 atom stereocenters. The molecular formula is C18H26O3. The molecule has 0 amide bonds. The van der Waals surface area contributed by atoms with E-state index in [1.54, 1.807) is 7.11 Å². The first-order chi connectivity index (χ1) is 9.98. The van der Waals surface area contributed by atoms with E-state index in [9.17, 15) is 5.11 Å². The smallest absolute Gasteiger partial charge is 0.118 e. The summed E-state index contributed by atoms with van der Waals surface area (Å²) >= 11 is 0. The van der Waals surface area contributed by atoms with Gasteiger partial charge in [0, 0.05) is 5.41 Å². The lowest BCUT2D eigenvalue weighted by Crippen LogP contribution is -2.32. The standard InChI is InChI=1S/C18H26O3/c1-13(2)15-9-17(18(3,10-15)12-19)21-11-14-5-7-16(20-4)8-6-14/h5-8,15,17,19H,1,9-12H2,2-4H3/t15-,17+,18-/m1/s1. The van der Waals surface area contributed by atoms with Gasteiger partial charge in [-0.15, -0.1) is 0 Å². The Morgan fingerprint density at radius 2 is 2.05 bits per heavy atom. The molecule has 0 saturated heterocycles. The Kier molecular flexibility index (Phi) is 5.07. The van der Waals surface area contributed by atoms with E-state index in [1.165, 1.54) is 5.57 Å². The molecule has 0 unspecified atom stereocenters. The minimum Gasteiger partial charge on any atom is -0.497 e. The fourth-order valence-electron chi connectivity index (χ4n) is 3.05. The van der Waals surface area contributed by atoms with Crippen LogP contribution in [-0.4, -0.2) is 24.9 Å². The van der Waals surface area contributed by atoms with Crippen LogP contribution in [0.15, 0.2) is 36.4 Å². The highest BCUT2D eigenvalue weighted by molar-refractivity contribution is 5.26. The summed E-state index contributed by atoms with van der Waals surface area (Å²) in [6, 6.07) is 7.91. The van der Waals surface area contributed by atoms with Crippen LogP contribution in [0.1, 0.15) is 32.3 Å². The molecule has 1 N–H and O–H groups in total. The van der Waals surface area contributed by atoms with E-state index in [4.69, 9.17) is 9.47 Å². The Morgan fingerprint density at radius 1 is 1.38 bits per heavy atom. The van der Waals surface area contributed by atoms with Crippen molar-refractivity contribution in [2.45, 2.75) is 39.4 Å². The van der Waals surface area contributed by atoms with Crippen molar-refractivity contribution in [1.29, 1.82) is 0 Å². The summed E-state index contributed by atoms with van der Waals surface area (Å²) in [6.07, 6.45) is 1.97. The van der Waals surface area contributed by atoms with Crippen molar-refractivity contribution in [3.05, 3.63) is 42.0 Å². The second kappa shape index (κ2) is 6.63. The van der Waals surface area contributed by atoms with E-state index >= 15 is 0 Å². The van der Waals surface area contributed by atoms with Crippen molar-refractivity contribution < 1.29 is 14.6 Å². The van der Waals surface area contributed by atoms with Crippen molar-refractivity contribution in [3.8, 4) is 5.75 Å². The normalized spacial score (nSPS) is 28.6. The predicted molar refractivity (Wildman–Crippen MR) is 84.3 cm³/mol. The number of aliphatic hydroxyl groups is 1. The van der Waals surface area contributed by atoms with Crippen LogP contribution in [0.4, 0.5) is 0 Å². The van der Waals surface area contributed by atoms with Crippen LogP contribution in [-0.2, 0) is 11.3 Å². The zero-order chi connectivity index (χ0) is 15.5. The van der Waals surface area contributed by atoms with E-state index in [1.807, 2.05) is 24.3 Å². The third kappa shape index (κ3) is 3.66. The third-order valence-electron chi connectivity index (χ3n) is 4.66. The van der Waals surface area contributed by atoms with E-state index in [0.29, 0.717) is 12.5 Å². The van der Waals surface area contributed by atoms with Gasteiger partial charge >= 0.3 is 0 Å². The lowest BCUT2D eigenvalue weighted by Gasteiger charge is -2.29. The van der Waals surface area contributed by atoms with E-state index in [0.717, 1.165) is 24.2 Å². The summed E-state index contributed by atoms with van der Waals surface area (Å²) in [5, 5.41) is 9.73. The lowest BCUT2D eigenvalue weighted by atomic mass is 9.86. The van der Waals surface area contributed by atoms with Gasteiger partial charge in [-0.05, 0) is 43.4 Å². The number of ether oxygens (including phenoxy) is 2. The largest absolute Gasteiger partial charge is 0.497 e. The van der Waals surface area contributed by atoms with Crippen molar-refractivity contribution in [1.82, 2.24) is 0 Å². The van der Waals surface area contributed by atoms with Crippen molar-refractivity contribution in [3.63, 3.8) is 0 Å². The van der Waals surface area contributed by atoms with Gasteiger partial charge in [0.1, 0.15) is 5.75 Å². The first kappa shape index (κ1) is 16.1. The van der Waals surface area contributed by atoms with Gasteiger partial charge < -0.3 is 14.6 Å². The molecule has 0 radical (unpaired) electrons. The van der Waals surface area contributed by atoms with Crippen molar-refractivity contribution in [2.24, 2.45) is 11.3 Å². The highest BCUT2D eigenvalue weighted by atomic mass is 16.5. The molecule has 1 fully saturated rings. The van der Waals surface area contributed by atoms with Crippen molar-refractivity contribution in [2.75, 3.05) is 13.7 Å². The second-order valence-corrected chi connectivity index (χ2v) is 6.44. The Bertz CT molecular complexity index is 480.